The van der Waals surface area contributed by atoms with Crippen molar-refractivity contribution in [3.8, 4) is 5.75 Å². The average Bonchev–Trinajstić information content (AvgIpc) is 2.68. The normalized spacial score (nSPS) is 14.3. The number of hydrogen-bond acceptors (Lipinski definition) is 4. The molecule has 0 atom stereocenters. The molecule has 2 aromatic carbocycles. The molecule has 5 nitrogen and oxygen atoms in total. The Morgan fingerprint density at radius 1 is 1.19 bits per heavy atom. The number of morpholine rings is 1. The zero-order valence-electron chi connectivity index (χ0n) is 15.1. The number of rotatable bonds is 6. The lowest BCUT2D eigenvalue weighted by Gasteiger charge is -2.29. The second kappa shape index (κ2) is 8.81. The summed E-state index contributed by atoms with van der Waals surface area (Å²) < 4.78 is 34.4. The number of carbonyl (C=O) groups is 1. The van der Waals surface area contributed by atoms with Crippen LogP contribution in [0.25, 0.3) is 0 Å². The van der Waals surface area contributed by atoms with E-state index in [0.29, 0.717) is 12.1 Å². The van der Waals surface area contributed by atoms with Crippen molar-refractivity contribution >= 4 is 11.6 Å². The number of anilines is 1. The van der Waals surface area contributed by atoms with Crippen LogP contribution in [0.2, 0.25) is 0 Å². The summed E-state index contributed by atoms with van der Waals surface area (Å²) in [5.41, 5.74) is 2.43. The van der Waals surface area contributed by atoms with Crippen LogP contribution in [0, 0.1) is 0 Å². The van der Waals surface area contributed by atoms with Crippen LogP contribution < -0.4 is 9.64 Å². The molecule has 0 spiro atoms. The first-order valence-electron chi connectivity index (χ1n) is 8.75. The van der Waals surface area contributed by atoms with Gasteiger partial charge in [0.2, 0.25) is 0 Å². The fraction of sp³-hybridized carbons (Fsp3) is 0.350. The van der Waals surface area contributed by atoms with Gasteiger partial charge < -0.3 is 19.3 Å². The van der Waals surface area contributed by atoms with Crippen molar-refractivity contribution in [3.05, 3.63) is 59.7 Å². The van der Waals surface area contributed by atoms with E-state index in [4.69, 9.17) is 4.74 Å². The van der Waals surface area contributed by atoms with E-state index >= 15 is 0 Å². The molecule has 1 heterocycles. The molecule has 0 bridgehead atoms. The van der Waals surface area contributed by atoms with Crippen LogP contribution in [-0.2, 0) is 11.3 Å². The molecule has 1 saturated heterocycles. The number of alkyl halides is 2. The van der Waals surface area contributed by atoms with E-state index in [-0.39, 0.29) is 11.7 Å². The van der Waals surface area contributed by atoms with Gasteiger partial charge in [-0.3, -0.25) is 4.79 Å². The Morgan fingerprint density at radius 2 is 1.89 bits per heavy atom. The number of benzene rings is 2. The summed E-state index contributed by atoms with van der Waals surface area (Å²) in [6, 6.07) is 13.9. The summed E-state index contributed by atoms with van der Waals surface area (Å²) in [4.78, 5) is 16.4. The third-order valence-corrected chi connectivity index (χ3v) is 4.39. The second-order valence-corrected chi connectivity index (χ2v) is 6.33. The zero-order chi connectivity index (χ0) is 19.2. The molecule has 27 heavy (non-hydrogen) atoms. The maximum atomic E-state index is 12.6. The Balaban J connectivity index is 1.62. The minimum Gasteiger partial charge on any atom is -0.435 e. The lowest BCUT2D eigenvalue weighted by Crippen LogP contribution is -2.36. The van der Waals surface area contributed by atoms with Gasteiger partial charge in [0.15, 0.2) is 0 Å². The monoisotopic (exact) mass is 376 g/mol. The first-order valence-corrected chi connectivity index (χ1v) is 8.75. The first-order chi connectivity index (χ1) is 13.0. The summed E-state index contributed by atoms with van der Waals surface area (Å²) >= 11 is 0. The largest absolute Gasteiger partial charge is 0.435 e. The quantitative estimate of drug-likeness (QED) is 0.775. The smallest absolute Gasteiger partial charge is 0.387 e. The molecule has 0 aliphatic carbocycles. The van der Waals surface area contributed by atoms with Crippen molar-refractivity contribution in [3.63, 3.8) is 0 Å². The summed E-state index contributed by atoms with van der Waals surface area (Å²) in [5.74, 6) is -0.286. The van der Waals surface area contributed by atoms with Gasteiger partial charge in [-0.2, -0.15) is 8.78 Å². The van der Waals surface area contributed by atoms with Gasteiger partial charge in [0.25, 0.3) is 5.91 Å². The Hall–Kier alpha value is -2.67. The molecule has 0 unspecified atom stereocenters. The first kappa shape index (κ1) is 19.1. The van der Waals surface area contributed by atoms with Gasteiger partial charge in [-0.25, -0.2) is 0 Å². The zero-order valence-corrected chi connectivity index (χ0v) is 15.1. The second-order valence-electron chi connectivity index (χ2n) is 6.33. The number of ether oxygens (including phenoxy) is 2. The molecule has 144 valence electrons. The number of amides is 1. The van der Waals surface area contributed by atoms with E-state index in [0.717, 1.165) is 37.6 Å². The van der Waals surface area contributed by atoms with Crippen LogP contribution in [0.1, 0.15) is 15.9 Å². The van der Waals surface area contributed by atoms with Crippen LogP contribution in [0.5, 0.6) is 5.75 Å². The standard InChI is InChI=1S/C20H22F2N2O3/c1-23(19(25)16-3-2-4-18(13-16)27-20(21)22)14-15-5-7-17(8-6-15)24-9-11-26-12-10-24/h2-8,13,20H,9-12,14H2,1H3. The van der Waals surface area contributed by atoms with Gasteiger partial charge in [-0.1, -0.05) is 18.2 Å². The van der Waals surface area contributed by atoms with Crippen molar-refractivity contribution in [2.24, 2.45) is 0 Å². The minimum absolute atomic E-state index is 0.0286. The van der Waals surface area contributed by atoms with Crippen LogP contribution >= 0.6 is 0 Å². The molecule has 3 rings (SSSR count). The maximum Gasteiger partial charge on any atom is 0.387 e. The molecular weight excluding hydrogens is 354 g/mol. The predicted octanol–water partition coefficient (Wildman–Crippen LogP) is 3.40. The lowest BCUT2D eigenvalue weighted by atomic mass is 10.1. The van der Waals surface area contributed by atoms with Crippen LogP contribution in [-0.4, -0.2) is 50.8 Å². The Labute approximate surface area is 157 Å². The number of carbonyl (C=O) groups excluding carboxylic acids is 1. The minimum atomic E-state index is -2.92. The van der Waals surface area contributed by atoms with Crippen LogP contribution in [0.4, 0.5) is 14.5 Å². The molecule has 1 fully saturated rings. The van der Waals surface area contributed by atoms with Gasteiger partial charge in [-0.15, -0.1) is 0 Å². The molecule has 2 aromatic rings. The summed E-state index contributed by atoms with van der Waals surface area (Å²) in [7, 11) is 1.68. The van der Waals surface area contributed by atoms with E-state index < -0.39 is 6.61 Å². The molecule has 1 aliphatic rings. The highest BCUT2D eigenvalue weighted by atomic mass is 19.3. The van der Waals surface area contributed by atoms with Gasteiger partial charge in [-0.05, 0) is 35.9 Å². The number of halogens is 2. The van der Waals surface area contributed by atoms with Gasteiger partial charge in [0, 0.05) is 37.9 Å². The van der Waals surface area contributed by atoms with E-state index in [1.54, 1.807) is 18.0 Å². The molecule has 0 saturated carbocycles. The highest BCUT2D eigenvalue weighted by molar-refractivity contribution is 5.94. The van der Waals surface area contributed by atoms with E-state index in [2.05, 4.69) is 9.64 Å². The van der Waals surface area contributed by atoms with Crippen molar-refractivity contribution in [1.82, 2.24) is 4.90 Å². The summed E-state index contributed by atoms with van der Waals surface area (Å²) in [5, 5.41) is 0. The van der Waals surface area contributed by atoms with E-state index in [1.807, 2.05) is 24.3 Å². The fourth-order valence-corrected chi connectivity index (χ4v) is 3.01. The van der Waals surface area contributed by atoms with Crippen molar-refractivity contribution < 1.29 is 23.0 Å². The number of hydrogen-bond donors (Lipinski definition) is 0. The maximum absolute atomic E-state index is 12.6. The molecule has 0 radical (unpaired) electrons. The van der Waals surface area contributed by atoms with E-state index in [9.17, 15) is 13.6 Å². The van der Waals surface area contributed by atoms with Crippen LogP contribution in [0.3, 0.4) is 0 Å². The predicted molar refractivity (Wildman–Crippen MR) is 98.3 cm³/mol. The molecule has 1 aliphatic heterocycles. The Morgan fingerprint density at radius 3 is 2.56 bits per heavy atom. The molecule has 0 aromatic heterocycles. The highest BCUT2D eigenvalue weighted by Gasteiger charge is 2.15. The van der Waals surface area contributed by atoms with Crippen molar-refractivity contribution in [2.45, 2.75) is 13.2 Å². The summed E-state index contributed by atoms with van der Waals surface area (Å²) in [6.45, 7) is 0.699. The van der Waals surface area contributed by atoms with Gasteiger partial charge >= 0.3 is 6.61 Å². The van der Waals surface area contributed by atoms with Crippen molar-refractivity contribution in [1.29, 1.82) is 0 Å². The van der Waals surface area contributed by atoms with E-state index in [1.165, 1.54) is 18.2 Å². The molecule has 0 N–H and O–H groups in total. The highest BCUT2D eigenvalue weighted by Crippen LogP contribution is 2.20. The van der Waals surface area contributed by atoms with Crippen LogP contribution in [0.15, 0.2) is 48.5 Å². The average molecular weight is 376 g/mol. The fourth-order valence-electron chi connectivity index (χ4n) is 3.01. The Bertz CT molecular complexity index is 762. The van der Waals surface area contributed by atoms with Gasteiger partial charge in [0.05, 0.1) is 13.2 Å². The topological polar surface area (TPSA) is 42.0 Å². The lowest BCUT2D eigenvalue weighted by molar-refractivity contribution is -0.0499. The summed E-state index contributed by atoms with van der Waals surface area (Å²) in [6.07, 6.45) is 0. The third kappa shape index (κ3) is 5.17. The molecule has 7 heteroatoms. The Kier molecular flexibility index (Phi) is 6.24. The van der Waals surface area contributed by atoms with Crippen molar-refractivity contribution in [2.75, 3.05) is 38.3 Å². The molecule has 1 amide bonds. The molecular formula is C20H22F2N2O3. The van der Waals surface area contributed by atoms with Gasteiger partial charge in [0.1, 0.15) is 5.75 Å². The SMILES string of the molecule is CN(Cc1ccc(N2CCOCC2)cc1)C(=O)c1cccc(OC(F)F)c1. The third-order valence-electron chi connectivity index (χ3n) is 4.39. The number of nitrogens with zero attached hydrogens (tertiary/aromatic N) is 2.